The van der Waals surface area contributed by atoms with Gasteiger partial charge < -0.3 is 29.1 Å². The molecule has 0 spiro atoms. The number of rotatable bonds is 17. The summed E-state index contributed by atoms with van der Waals surface area (Å²) in [4.78, 5) is 30.9. The molecule has 2 saturated carbocycles. The third-order valence-electron chi connectivity index (χ3n) is 13.4. The summed E-state index contributed by atoms with van der Waals surface area (Å²) in [5, 5.41) is 2.84. The van der Waals surface area contributed by atoms with Crippen LogP contribution in [-0.2, 0) is 25.3 Å². The summed E-state index contributed by atoms with van der Waals surface area (Å²) in [6.45, 7) is 2.19. The van der Waals surface area contributed by atoms with Gasteiger partial charge in [0.2, 0.25) is 13.3 Å². The van der Waals surface area contributed by atoms with E-state index in [4.69, 9.17) is 14.1 Å². The number of alkyl carbamates (subject to hydrolysis) is 1. The predicted octanol–water partition coefficient (Wildman–Crippen LogP) is 5.62. The van der Waals surface area contributed by atoms with Crippen molar-refractivity contribution in [2.75, 3.05) is 67.1 Å². The number of nitrogens with zero attached hydrogens (tertiary/aromatic N) is 3. The van der Waals surface area contributed by atoms with Crippen molar-refractivity contribution in [3.63, 3.8) is 0 Å². The molecule has 1 aromatic carbocycles. The number of amides is 2. The van der Waals surface area contributed by atoms with Crippen LogP contribution in [0.1, 0.15) is 75.3 Å². The van der Waals surface area contributed by atoms with E-state index in [1.54, 1.807) is 11.9 Å². The summed E-state index contributed by atoms with van der Waals surface area (Å²) in [5.41, 5.74) is -3.91. The van der Waals surface area contributed by atoms with E-state index in [1.165, 1.54) is 23.1 Å². The number of benzene rings is 1. The van der Waals surface area contributed by atoms with Crippen molar-refractivity contribution < 1.29 is 68.0 Å². The number of ether oxygens (including phenoxy) is 3. The molecule has 21 heteroatoms. The monoisotopic (exact) mass is 870 g/mol. The summed E-state index contributed by atoms with van der Waals surface area (Å²) in [7, 11) is 7.77. The van der Waals surface area contributed by atoms with E-state index < -0.39 is 43.3 Å². The number of likely N-dealkylation sites (N-methyl/N-ethyl adjacent to an activating group) is 3. The molecule has 2 amide bonds. The Morgan fingerprint density at radius 3 is 2.33 bits per heavy atom. The van der Waals surface area contributed by atoms with Gasteiger partial charge in [-0.1, -0.05) is 13.0 Å². The number of carbonyl (C=O) groups is 2. The first-order valence-electron chi connectivity index (χ1n) is 20.8. The second-order valence-corrected chi connectivity index (χ2v) is 17.2. The number of hydrogen-bond donors (Lipinski definition) is 1. The van der Waals surface area contributed by atoms with Gasteiger partial charge in [0.15, 0.2) is 0 Å². The summed E-state index contributed by atoms with van der Waals surface area (Å²) < 4.78 is 139. The number of likely N-dealkylation sites (tertiary alicyclic amines) is 1. The van der Waals surface area contributed by atoms with E-state index in [-0.39, 0.29) is 49.2 Å². The Kier molecular flexibility index (Phi) is 15.4. The first-order chi connectivity index (χ1) is 28.0. The average Bonchev–Trinajstić information content (AvgIpc) is 3.69. The Bertz CT molecular complexity index is 1590. The largest absolute Gasteiger partial charge is 0.493 e. The smallest absolute Gasteiger partial charge is 0.435 e. The molecule has 5 rings (SSSR count). The minimum atomic E-state index is -6.79. The second-order valence-electron chi connectivity index (χ2n) is 17.2. The van der Waals surface area contributed by atoms with E-state index in [2.05, 4.69) is 34.0 Å². The fourth-order valence-electron chi connectivity index (χ4n) is 10.4. The molecule has 0 bridgehead atoms. The van der Waals surface area contributed by atoms with Crippen molar-refractivity contribution in [1.29, 1.82) is 0 Å². The van der Waals surface area contributed by atoms with Crippen LogP contribution in [0.3, 0.4) is 0 Å². The lowest BCUT2D eigenvalue weighted by Gasteiger charge is -2.52. The summed E-state index contributed by atoms with van der Waals surface area (Å²) in [6.07, 6.45) is -14.5. The molecule has 4 aliphatic rings. The fourth-order valence-corrected chi connectivity index (χ4v) is 10.4. The van der Waals surface area contributed by atoms with Gasteiger partial charge in [-0.15, -0.1) is 0 Å². The molecular formula is C39H57B2F9N4O6. The first-order valence-corrected chi connectivity index (χ1v) is 20.8. The van der Waals surface area contributed by atoms with Crippen molar-refractivity contribution in [2.45, 2.75) is 113 Å². The molecule has 60 heavy (non-hydrogen) atoms. The number of fused-ring (bicyclic) bond motifs is 5. The first kappa shape index (κ1) is 48.1. The molecule has 7 atom stereocenters. The van der Waals surface area contributed by atoms with Crippen LogP contribution in [0.4, 0.5) is 44.3 Å². The summed E-state index contributed by atoms with van der Waals surface area (Å²) in [6, 6.07) is 6.36. The average molecular weight is 871 g/mol. The van der Waals surface area contributed by atoms with Gasteiger partial charge in [0, 0.05) is 51.8 Å². The molecule has 3 fully saturated rings. The van der Waals surface area contributed by atoms with Gasteiger partial charge >= 0.3 is 30.2 Å². The number of carbonyl (C=O) groups excluding carboxylic acids is 2. The molecule has 1 aliphatic heterocycles. The van der Waals surface area contributed by atoms with Crippen LogP contribution in [0.5, 0.6) is 5.75 Å². The maximum Gasteiger partial charge on any atom is 0.435 e. The molecule has 3 aliphatic carbocycles. The molecular weight excluding hydrogens is 813 g/mol. The lowest BCUT2D eigenvalue weighted by molar-refractivity contribution is -0.457. The van der Waals surface area contributed by atoms with E-state index in [0.29, 0.717) is 44.7 Å². The van der Waals surface area contributed by atoms with E-state index in [9.17, 15) is 49.1 Å². The normalized spacial score (nSPS) is 27.2. The third kappa shape index (κ3) is 10.3. The van der Waals surface area contributed by atoms with E-state index in [1.807, 2.05) is 20.9 Å². The fraction of sp³-hybridized carbons (Fsp3) is 0.795. The quantitative estimate of drug-likeness (QED) is 0.123. The molecule has 10 nitrogen and oxygen atoms in total. The van der Waals surface area contributed by atoms with Crippen LogP contribution in [-0.4, -0.2) is 151 Å². The molecule has 1 aromatic rings. The van der Waals surface area contributed by atoms with Crippen LogP contribution >= 0.6 is 0 Å². The molecule has 1 heterocycles. The highest BCUT2D eigenvalue weighted by molar-refractivity contribution is 6.85. The van der Waals surface area contributed by atoms with Crippen LogP contribution in [0.2, 0.25) is 0 Å². The highest BCUT2D eigenvalue weighted by atomic mass is 19.4. The second kappa shape index (κ2) is 19.2. The lowest BCUT2D eigenvalue weighted by atomic mass is 9.55. The number of nitrogens with one attached hydrogen (secondary N) is 1. The van der Waals surface area contributed by atoms with Gasteiger partial charge in [-0.05, 0) is 112 Å². The van der Waals surface area contributed by atoms with Gasteiger partial charge in [-0.25, -0.2) is 4.79 Å². The predicted molar refractivity (Wildman–Crippen MR) is 208 cm³/mol. The van der Waals surface area contributed by atoms with Crippen LogP contribution < -0.4 is 10.1 Å². The molecule has 0 radical (unpaired) electrons. The Morgan fingerprint density at radius 2 is 1.67 bits per heavy atom. The third-order valence-corrected chi connectivity index (χ3v) is 13.4. The maximum atomic E-state index is 13.4. The van der Waals surface area contributed by atoms with Gasteiger partial charge in [0.05, 0.1) is 25.9 Å². The minimum Gasteiger partial charge on any atom is -0.493 e. The maximum absolute atomic E-state index is 13.4. The van der Waals surface area contributed by atoms with Gasteiger partial charge in [-0.2, -0.15) is 39.5 Å². The highest BCUT2D eigenvalue weighted by Gasteiger charge is 2.85. The van der Waals surface area contributed by atoms with Crippen molar-refractivity contribution in [2.24, 2.45) is 17.3 Å². The van der Waals surface area contributed by atoms with Crippen molar-refractivity contribution in [3.8, 4) is 5.75 Å². The number of aryl methyl sites for hydroxylation is 1. The summed E-state index contributed by atoms with van der Waals surface area (Å²) in [5.74, 6) is 1.60. The van der Waals surface area contributed by atoms with Gasteiger partial charge in [0.1, 0.15) is 13.5 Å². The highest BCUT2D eigenvalue weighted by Crippen LogP contribution is 2.62. The van der Waals surface area contributed by atoms with Crippen molar-refractivity contribution in [1.82, 2.24) is 20.0 Å². The van der Waals surface area contributed by atoms with E-state index >= 15 is 0 Å². The summed E-state index contributed by atoms with van der Waals surface area (Å²) >= 11 is 0. The van der Waals surface area contributed by atoms with E-state index in [0.717, 1.165) is 57.2 Å². The molecule has 1 N–H and O–H groups in total. The molecule has 338 valence electrons. The Labute approximate surface area is 347 Å². The lowest BCUT2D eigenvalue weighted by Crippen LogP contribution is -2.67. The zero-order valence-electron chi connectivity index (χ0n) is 34.9. The Hall–Kier alpha value is -2.90. The van der Waals surface area contributed by atoms with Crippen LogP contribution in [0.15, 0.2) is 18.2 Å². The Morgan fingerprint density at radius 1 is 0.967 bits per heavy atom. The van der Waals surface area contributed by atoms with Gasteiger partial charge in [-0.3, -0.25) is 14.6 Å². The van der Waals surface area contributed by atoms with Crippen molar-refractivity contribution in [3.05, 3.63) is 29.3 Å². The van der Waals surface area contributed by atoms with Crippen LogP contribution in [0.25, 0.3) is 0 Å². The number of hydrogen-bond acceptors (Lipinski definition) is 8. The number of alkyl halides is 9. The standard InChI is InChI=1S/C39H57B2F9N4O6/c1-35-14-13-29-28-10-8-26(57-16-6-17-58-34(56)51-21-25-20-27(60-41-40)22-53(25)3)19-24(28)7-9-30(29)31(35)11-12-32(35)54(4)33(55)23-52(2)15-5-18-59-36(37(42,43)44,38(45,46)47)39(48,49)50/h8,10,19,25,27,29-32,41H,5-7,9,11-18,20-23,40H2,1-4H3,(H,51,56)/t25?,27?,29?,30?,31?,32-,35-/m0/s1. The SMILES string of the molecule is BBOC1CC(CNC(=O)OCCCOc2ccc3c(c2)CCC2C3CC[C@@]3(C)C2CC[C@@H]3N(C)C(=O)CN(C)CCCOC(C(F)(F)F)(C(F)(F)F)C(F)(F)F)N(C)C1. The Balaban J connectivity index is 1.05. The molecule has 1 saturated heterocycles. The van der Waals surface area contributed by atoms with Crippen LogP contribution in [0, 0.1) is 17.3 Å². The molecule has 0 aromatic heterocycles. The molecule has 5 unspecified atom stereocenters. The van der Waals surface area contributed by atoms with Crippen molar-refractivity contribution >= 4 is 27.1 Å². The topological polar surface area (TPSA) is 92.8 Å². The zero-order valence-corrected chi connectivity index (χ0v) is 34.9. The minimum absolute atomic E-state index is 0.0895. The zero-order chi connectivity index (χ0) is 44.3. The number of halogens is 9. The van der Waals surface area contributed by atoms with Gasteiger partial charge in [0.25, 0.3) is 0 Å².